The van der Waals surface area contributed by atoms with Crippen molar-refractivity contribution in [2.45, 2.75) is 37.8 Å². The Labute approximate surface area is 196 Å². The van der Waals surface area contributed by atoms with Crippen molar-refractivity contribution in [3.05, 3.63) is 58.1 Å². The van der Waals surface area contributed by atoms with Gasteiger partial charge in [-0.15, -0.1) is 23.7 Å². The molecule has 3 aromatic rings. The molecule has 1 amide bonds. The molecule has 0 saturated heterocycles. The van der Waals surface area contributed by atoms with Crippen LogP contribution in [0.25, 0.3) is 0 Å². The van der Waals surface area contributed by atoms with Crippen LogP contribution in [0.1, 0.15) is 22.2 Å². The molecule has 32 heavy (non-hydrogen) atoms. The van der Waals surface area contributed by atoms with Crippen LogP contribution in [-0.4, -0.2) is 51.9 Å². The zero-order chi connectivity index (χ0) is 22.6. The number of imidazole rings is 1. The Balaban J connectivity index is 0.00000363. The van der Waals surface area contributed by atoms with E-state index in [0.717, 1.165) is 9.31 Å². The van der Waals surface area contributed by atoms with E-state index in [-0.39, 0.29) is 30.3 Å². The maximum absolute atomic E-state index is 13.6. The van der Waals surface area contributed by atoms with E-state index in [9.17, 15) is 18.4 Å². The van der Waals surface area contributed by atoms with Gasteiger partial charge < -0.3 is 9.72 Å². The fourth-order valence-corrected chi connectivity index (χ4v) is 5.22. The monoisotopic (exact) mass is 501 g/mol. The molecule has 1 unspecified atom stereocenters. The molecule has 1 atom stereocenters. The van der Waals surface area contributed by atoms with Crippen LogP contribution in [0.2, 0.25) is 0 Å². The predicted molar refractivity (Wildman–Crippen MR) is 121 cm³/mol. The predicted octanol–water partition coefficient (Wildman–Crippen LogP) is 2.22. The Morgan fingerprint density at radius 2 is 1.94 bits per heavy atom. The number of hydrogen-bond acceptors (Lipinski definition) is 8. The summed E-state index contributed by atoms with van der Waals surface area (Å²) in [7, 11) is -2.67. The number of H-pyrrole nitrogens is 1. The summed E-state index contributed by atoms with van der Waals surface area (Å²) in [6, 6.07) is 4.59. The molecule has 2 aromatic heterocycles. The highest BCUT2D eigenvalue weighted by Gasteiger charge is 2.37. The van der Waals surface area contributed by atoms with Gasteiger partial charge in [-0.1, -0.05) is 0 Å². The fraction of sp³-hybridized carbons (Fsp3) is 0.316. The number of ether oxygens (including phenoxy) is 1. The van der Waals surface area contributed by atoms with Gasteiger partial charge in [0.2, 0.25) is 10.0 Å². The second-order valence-corrected chi connectivity index (χ2v) is 9.71. The quantitative estimate of drug-likeness (QED) is 0.302. The molecule has 0 fully saturated rings. The van der Waals surface area contributed by atoms with Gasteiger partial charge in [-0.25, -0.2) is 23.9 Å². The Morgan fingerprint density at radius 3 is 2.44 bits per heavy atom. The van der Waals surface area contributed by atoms with E-state index in [2.05, 4.69) is 15.0 Å². The molecule has 0 spiro atoms. The number of halogens is 1. The standard InChI is InChI=1S/C19H23N5O5S2.ClH/c1-12-20-9-14(21-12)8-18(19(25)23-26)24(10-15-11-30-13(2)22-15)31(27,28)17-6-4-16(29-3)5-7-17;/h4-7,9,11,18,26H,8,10H2,1-3H3,(H,20,21)(H,23,25);1H. The van der Waals surface area contributed by atoms with Crippen LogP contribution in [0.15, 0.2) is 40.7 Å². The summed E-state index contributed by atoms with van der Waals surface area (Å²) in [6.45, 7) is 3.40. The molecule has 0 aliphatic heterocycles. The molecular weight excluding hydrogens is 478 g/mol. The molecule has 13 heteroatoms. The van der Waals surface area contributed by atoms with Crippen molar-refractivity contribution in [3.63, 3.8) is 0 Å². The summed E-state index contributed by atoms with van der Waals surface area (Å²) < 4.78 is 33.3. The van der Waals surface area contributed by atoms with Crippen molar-refractivity contribution < 1.29 is 23.2 Å². The topological polar surface area (TPSA) is 138 Å². The number of carbonyl (C=O) groups excluding carboxylic acids is 1. The zero-order valence-corrected chi connectivity index (χ0v) is 20.1. The number of hydroxylamine groups is 1. The fourth-order valence-electron chi connectivity index (χ4n) is 3.06. The number of sulfonamides is 1. The highest BCUT2D eigenvalue weighted by Crippen LogP contribution is 2.25. The number of thiazole rings is 1. The van der Waals surface area contributed by atoms with Crippen molar-refractivity contribution in [2.75, 3.05) is 7.11 Å². The van der Waals surface area contributed by atoms with E-state index < -0.39 is 22.0 Å². The van der Waals surface area contributed by atoms with Crippen LogP contribution in [0, 0.1) is 13.8 Å². The summed E-state index contributed by atoms with van der Waals surface area (Å²) in [4.78, 5) is 24.1. The van der Waals surface area contributed by atoms with Crippen molar-refractivity contribution in [1.82, 2.24) is 24.7 Å². The largest absolute Gasteiger partial charge is 0.497 e. The lowest BCUT2D eigenvalue weighted by Gasteiger charge is -2.28. The first-order chi connectivity index (χ1) is 14.7. The zero-order valence-electron chi connectivity index (χ0n) is 17.6. The average Bonchev–Trinajstić information content (AvgIpc) is 3.37. The summed E-state index contributed by atoms with van der Waals surface area (Å²) in [5.74, 6) is 0.250. The number of methoxy groups -OCH3 is 1. The van der Waals surface area contributed by atoms with Crippen LogP contribution in [-0.2, 0) is 27.8 Å². The van der Waals surface area contributed by atoms with E-state index in [1.54, 1.807) is 30.9 Å². The number of aromatic nitrogens is 3. The van der Waals surface area contributed by atoms with Crippen LogP contribution in [0.3, 0.4) is 0 Å². The molecule has 0 bridgehead atoms. The van der Waals surface area contributed by atoms with Crippen LogP contribution < -0.4 is 10.2 Å². The minimum Gasteiger partial charge on any atom is -0.497 e. The first-order valence-corrected chi connectivity index (χ1v) is 11.6. The highest BCUT2D eigenvalue weighted by molar-refractivity contribution is 7.89. The van der Waals surface area contributed by atoms with Gasteiger partial charge >= 0.3 is 0 Å². The molecule has 174 valence electrons. The van der Waals surface area contributed by atoms with Gasteiger partial charge in [0.05, 0.1) is 34.9 Å². The highest BCUT2D eigenvalue weighted by atomic mass is 35.5. The third-order valence-electron chi connectivity index (χ3n) is 4.57. The maximum Gasteiger partial charge on any atom is 0.262 e. The number of benzene rings is 1. The number of rotatable bonds is 9. The molecule has 3 rings (SSSR count). The third kappa shape index (κ3) is 5.84. The normalized spacial score (nSPS) is 12.3. The summed E-state index contributed by atoms with van der Waals surface area (Å²) in [5, 5.41) is 11.8. The first-order valence-electron chi connectivity index (χ1n) is 9.26. The molecule has 1 aromatic carbocycles. The minimum atomic E-state index is -4.15. The second-order valence-electron chi connectivity index (χ2n) is 6.76. The average molecular weight is 502 g/mol. The van der Waals surface area contributed by atoms with Gasteiger partial charge in [-0.05, 0) is 38.1 Å². The molecule has 0 radical (unpaired) electrons. The van der Waals surface area contributed by atoms with Gasteiger partial charge in [0.1, 0.15) is 17.6 Å². The molecule has 2 heterocycles. The third-order valence-corrected chi connectivity index (χ3v) is 7.26. The van der Waals surface area contributed by atoms with Gasteiger partial charge in [0.15, 0.2) is 0 Å². The number of aromatic amines is 1. The van der Waals surface area contributed by atoms with Gasteiger partial charge in [-0.2, -0.15) is 4.31 Å². The van der Waals surface area contributed by atoms with Crippen molar-refractivity contribution in [1.29, 1.82) is 0 Å². The van der Waals surface area contributed by atoms with E-state index in [4.69, 9.17) is 4.74 Å². The number of aryl methyl sites for hydroxylation is 2. The number of hydrogen-bond donors (Lipinski definition) is 3. The van der Waals surface area contributed by atoms with E-state index in [1.165, 1.54) is 42.7 Å². The minimum absolute atomic E-state index is 0. The summed E-state index contributed by atoms with van der Waals surface area (Å²) in [5.41, 5.74) is 2.56. The second kappa shape index (κ2) is 10.9. The number of carbonyl (C=O) groups is 1. The number of nitrogens with one attached hydrogen (secondary N) is 2. The lowest BCUT2D eigenvalue weighted by atomic mass is 10.1. The summed E-state index contributed by atoms with van der Waals surface area (Å²) >= 11 is 1.37. The molecule has 0 aliphatic carbocycles. The Bertz CT molecular complexity index is 1150. The molecule has 0 aliphatic rings. The van der Waals surface area contributed by atoms with Crippen LogP contribution in [0.5, 0.6) is 5.75 Å². The van der Waals surface area contributed by atoms with Crippen LogP contribution >= 0.6 is 23.7 Å². The van der Waals surface area contributed by atoms with Crippen molar-refractivity contribution >= 4 is 39.7 Å². The van der Waals surface area contributed by atoms with E-state index in [0.29, 0.717) is 23.0 Å². The lowest BCUT2D eigenvalue weighted by Crippen LogP contribution is -2.49. The van der Waals surface area contributed by atoms with Gasteiger partial charge in [-0.3, -0.25) is 10.0 Å². The Morgan fingerprint density at radius 1 is 1.25 bits per heavy atom. The molecular formula is C19H24ClN5O5S2. The Hall–Kier alpha value is -2.51. The maximum atomic E-state index is 13.6. The van der Waals surface area contributed by atoms with Gasteiger partial charge in [0, 0.05) is 18.0 Å². The van der Waals surface area contributed by atoms with Crippen LogP contribution in [0.4, 0.5) is 0 Å². The van der Waals surface area contributed by atoms with Crippen molar-refractivity contribution in [2.24, 2.45) is 0 Å². The number of nitrogens with zero attached hydrogens (tertiary/aromatic N) is 3. The lowest BCUT2D eigenvalue weighted by molar-refractivity contribution is -0.133. The SMILES string of the molecule is COc1ccc(S(=O)(=O)N(Cc2csc(C)n2)C(Cc2c[nH]c(C)n2)C(=O)NO)cc1.Cl. The van der Waals surface area contributed by atoms with Crippen molar-refractivity contribution in [3.8, 4) is 5.75 Å². The summed E-state index contributed by atoms with van der Waals surface area (Å²) in [6.07, 6.45) is 1.55. The Kier molecular flexibility index (Phi) is 8.75. The molecule has 10 nitrogen and oxygen atoms in total. The first kappa shape index (κ1) is 25.7. The van der Waals surface area contributed by atoms with E-state index in [1.807, 2.05) is 0 Å². The molecule has 0 saturated carbocycles. The molecule has 3 N–H and O–H groups in total. The van der Waals surface area contributed by atoms with E-state index >= 15 is 0 Å². The van der Waals surface area contributed by atoms with Gasteiger partial charge in [0.25, 0.3) is 5.91 Å². The smallest absolute Gasteiger partial charge is 0.262 e. The number of amides is 1.